The quantitative estimate of drug-likeness (QED) is 0.304. The highest BCUT2D eigenvalue weighted by Gasteiger charge is 1.92. The Kier molecular flexibility index (Phi) is 12.0. The maximum atomic E-state index is 9.81. The number of nitrogens with one attached hydrogen (secondary N) is 1. The molecule has 0 aliphatic rings. The third-order valence-electron chi connectivity index (χ3n) is 2.20. The number of hydrogen-bond acceptors (Lipinski definition) is 3. The summed E-state index contributed by atoms with van der Waals surface area (Å²) in [6.45, 7) is 1.77. The van der Waals surface area contributed by atoms with Crippen LogP contribution in [0.3, 0.4) is 0 Å². The molecule has 0 aromatic carbocycles. The summed E-state index contributed by atoms with van der Waals surface area (Å²) in [6.07, 6.45) is 9.53. The molecular weight excluding hydrogens is 194 g/mol. The molecule has 15 heavy (non-hydrogen) atoms. The van der Waals surface area contributed by atoms with E-state index < -0.39 is 0 Å². The molecule has 0 rings (SSSR count). The van der Waals surface area contributed by atoms with E-state index in [4.69, 9.17) is 0 Å². The lowest BCUT2D eigenvalue weighted by Gasteiger charge is -2.01. The molecule has 0 atom stereocenters. The van der Waals surface area contributed by atoms with Crippen LogP contribution in [-0.4, -0.2) is 26.0 Å². The molecular formula is C11H20NO3. The van der Waals surface area contributed by atoms with E-state index in [1.54, 1.807) is 6.41 Å². The zero-order valence-electron chi connectivity index (χ0n) is 9.17. The van der Waals surface area contributed by atoms with E-state index >= 15 is 0 Å². The van der Waals surface area contributed by atoms with Crippen molar-refractivity contribution in [2.24, 2.45) is 0 Å². The number of unbranched alkanes of at least 4 members (excludes halogenated alkanes) is 6. The van der Waals surface area contributed by atoms with Gasteiger partial charge < -0.3 is 10.1 Å². The summed E-state index contributed by atoms with van der Waals surface area (Å²) < 4.78 is 4.58. The second-order valence-electron chi connectivity index (χ2n) is 3.47. The van der Waals surface area contributed by atoms with Crippen molar-refractivity contribution in [3.8, 4) is 0 Å². The lowest BCUT2D eigenvalue weighted by atomic mass is 10.1. The minimum Gasteiger partial charge on any atom is -0.468 e. The van der Waals surface area contributed by atoms with Crippen molar-refractivity contribution >= 4 is 12.9 Å². The highest BCUT2D eigenvalue weighted by Crippen LogP contribution is 2.06. The highest BCUT2D eigenvalue weighted by atomic mass is 16.5. The molecule has 4 nitrogen and oxygen atoms in total. The van der Waals surface area contributed by atoms with Gasteiger partial charge in [0, 0.05) is 6.54 Å². The summed E-state index contributed by atoms with van der Waals surface area (Å²) >= 11 is 0. The lowest BCUT2D eigenvalue weighted by Crippen LogP contribution is -2.11. The van der Waals surface area contributed by atoms with Crippen LogP contribution in [0.15, 0.2) is 0 Å². The summed E-state index contributed by atoms with van der Waals surface area (Å²) in [6, 6.07) is 0. The van der Waals surface area contributed by atoms with Gasteiger partial charge >= 0.3 is 6.41 Å². The van der Waals surface area contributed by atoms with Gasteiger partial charge in [0.05, 0.1) is 6.61 Å². The molecule has 4 heteroatoms. The molecule has 0 aromatic heterocycles. The fourth-order valence-corrected chi connectivity index (χ4v) is 1.38. The fraction of sp³-hybridized carbons (Fsp3) is 0.818. The van der Waals surface area contributed by atoms with Gasteiger partial charge in [0.15, 0.2) is 0 Å². The van der Waals surface area contributed by atoms with E-state index in [2.05, 4.69) is 10.1 Å². The van der Waals surface area contributed by atoms with Crippen molar-refractivity contribution in [3.63, 3.8) is 0 Å². The van der Waals surface area contributed by atoms with E-state index in [0.29, 0.717) is 13.1 Å². The molecule has 1 N–H and O–H groups in total. The topological polar surface area (TPSA) is 55.4 Å². The van der Waals surface area contributed by atoms with Crippen molar-refractivity contribution in [3.05, 3.63) is 0 Å². The second kappa shape index (κ2) is 12.9. The normalized spacial score (nSPS) is 9.60. The largest absolute Gasteiger partial charge is 0.468 e. The monoisotopic (exact) mass is 214 g/mol. The maximum Gasteiger partial charge on any atom is 0.309 e. The summed E-state index contributed by atoms with van der Waals surface area (Å²) in [4.78, 5) is 19.6. The van der Waals surface area contributed by atoms with Gasteiger partial charge in [0.1, 0.15) is 0 Å². The third-order valence-corrected chi connectivity index (χ3v) is 2.20. The minimum absolute atomic E-state index is 0.497. The predicted molar refractivity (Wildman–Crippen MR) is 58.0 cm³/mol. The zero-order valence-corrected chi connectivity index (χ0v) is 9.17. The number of ether oxygens (including phenoxy) is 1. The first-order valence-electron chi connectivity index (χ1n) is 5.57. The Labute approximate surface area is 91.4 Å². The first-order valence-corrected chi connectivity index (χ1v) is 5.57. The van der Waals surface area contributed by atoms with Crippen LogP contribution in [0.1, 0.15) is 44.9 Å². The van der Waals surface area contributed by atoms with Crippen LogP contribution in [0.5, 0.6) is 0 Å². The van der Waals surface area contributed by atoms with Crippen molar-refractivity contribution in [2.45, 2.75) is 44.9 Å². The molecule has 0 fully saturated rings. The first-order chi connectivity index (χ1) is 7.41. The smallest absolute Gasteiger partial charge is 0.309 e. The number of hydrogen-bond donors (Lipinski definition) is 1. The number of carbonyl (C=O) groups excluding carboxylic acids is 2. The summed E-state index contributed by atoms with van der Waals surface area (Å²) in [7, 11) is 0. The van der Waals surface area contributed by atoms with E-state index in [9.17, 15) is 9.59 Å². The van der Waals surface area contributed by atoms with Crippen LogP contribution >= 0.6 is 0 Å². The Morgan fingerprint density at radius 3 is 2.20 bits per heavy atom. The Balaban J connectivity index is 2.86. The Hall–Kier alpha value is -1.06. The molecule has 1 radical (unpaired) electrons. The van der Waals surface area contributed by atoms with Crippen LogP contribution in [0.2, 0.25) is 0 Å². The maximum absolute atomic E-state index is 9.81. The van der Waals surface area contributed by atoms with Gasteiger partial charge in [-0.25, -0.2) is 0 Å². The van der Waals surface area contributed by atoms with Gasteiger partial charge in [0.25, 0.3) is 6.47 Å². The molecule has 0 spiro atoms. The van der Waals surface area contributed by atoms with Crippen molar-refractivity contribution < 1.29 is 14.3 Å². The average Bonchev–Trinajstić information content (AvgIpc) is 2.26. The molecule has 1 amide bonds. The zero-order chi connectivity index (χ0) is 11.2. The predicted octanol–water partition coefficient (Wildman–Crippen LogP) is 1.55. The van der Waals surface area contributed by atoms with Crippen LogP contribution in [-0.2, 0) is 14.3 Å². The molecule has 0 aliphatic carbocycles. The van der Waals surface area contributed by atoms with Gasteiger partial charge in [-0.3, -0.25) is 9.59 Å². The van der Waals surface area contributed by atoms with Crippen molar-refractivity contribution in [1.29, 1.82) is 0 Å². The van der Waals surface area contributed by atoms with Gasteiger partial charge in [-0.2, -0.15) is 0 Å². The van der Waals surface area contributed by atoms with E-state index in [1.807, 2.05) is 0 Å². The standard InChI is InChI=1S/C11H20NO3/c13-10-12-8-6-4-2-1-3-5-7-9-15-11-14/h11H,1-9H2,(H,12,13). The fourth-order valence-electron chi connectivity index (χ4n) is 1.38. The van der Waals surface area contributed by atoms with Crippen molar-refractivity contribution in [2.75, 3.05) is 13.2 Å². The van der Waals surface area contributed by atoms with E-state index in [-0.39, 0.29) is 0 Å². The van der Waals surface area contributed by atoms with E-state index in [0.717, 1.165) is 32.2 Å². The van der Waals surface area contributed by atoms with Crippen molar-refractivity contribution in [1.82, 2.24) is 5.32 Å². The summed E-state index contributed by atoms with van der Waals surface area (Å²) in [5, 5.41) is 2.52. The average molecular weight is 214 g/mol. The molecule has 0 aliphatic heterocycles. The molecule has 87 valence electrons. The van der Waals surface area contributed by atoms with Gasteiger partial charge in [0.2, 0.25) is 0 Å². The van der Waals surface area contributed by atoms with Gasteiger partial charge in [-0.1, -0.05) is 32.1 Å². The Morgan fingerprint density at radius 2 is 1.60 bits per heavy atom. The lowest BCUT2D eigenvalue weighted by molar-refractivity contribution is -0.128. The third kappa shape index (κ3) is 12.9. The Bertz CT molecular complexity index is 135. The van der Waals surface area contributed by atoms with Crippen LogP contribution in [0.4, 0.5) is 0 Å². The molecule has 0 aromatic rings. The SMILES string of the molecule is O=[C]NCCCCCCCCCOC=O. The van der Waals surface area contributed by atoms with Gasteiger partial charge in [-0.15, -0.1) is 0 Å². The van der Waals surface area contributed by atoms with Crippen LogP contribution < -0.4 is 5.32 Å². The first kappa shape index (κ1) is 13.9. The highest BCUT2D eigenvalue weighted by molar-refractivity contribution is 5.46. The molecule has 0 saturated heterocycles. The summed E-state index contributed by atoms with van der Waals surface area (Å²) in [5.74, 6) is 0. The molecule has 0 bridgehead atoms. The molecule has 0 saturated carbocycles. The van der Waals surface area contributed by atoms with E-state index in [1.165, 1.54) is 19.3 Å². The number of carbonyl (C=O) groups is 1. The molecule has 0 heterocycles. The number of amides is 1. The summed E-state index contributed by atoms with van der Waals surface area (Å²) in [5.41, 5.74) is 0. The van der Waals surface area contributed by atoms with Crippen LogP contribution in [0, 0.1) is 0 Å². The van der Waals surface area contributed by atoms with Gasteiger partial charge in [-0.05, 0) is 12.8 Å². The number of rotatable bonds is 12. The van der Waals surface area contributed by atoms with Crippen LogP contribution in [0.25, 0.3) is 0 Å². The minimum atomic E-state index is 0.497. The molecule has 0 unspecified atom stereocenters. The second-order valence-corrected chi connectivity index (χ2v) is 3.47. The Morgan fingerprint density at radius 1 is 1.00 bits per heavy atom.